The number of carbonyl (C=O) groups excluding carboxylic acids is 1. The molecule has 0 aromatic heterocycles. The van der Waals surface area contributed by atoms with Gasteiger partial charge in [0.15, 0.2) is 0 Å². The van der Waals surface area contributed by atoms with Crippen LogP contribution < -0.4 is 10.9 Å². The number of amides is 1. The Kier molecular flexibility index (Phi) is 4.63. The Balaban J connectivity index is 2.46. The Labute approximate surface area is 89.6 Å². The standard InChI is InChI=1S/C11H16N2O2/c1-2-3-9-15-11(14)13(12)10-7-5-4-6-8-10/h4-8H,2-3,9,12H2,1H3. The van der Waals surface area contributed by atoms with Crippen molar-refractivity contribution in [1.82, 2.24) is 0 Å². The molecule has 0 radical (unpaired) electrons. The van der Waals surface area contributed by atoms with Crippen LogP contribution in [0.1, 0.15) is 19.8 Å². The van der Waals surface area contributed by atoms with E-state index in [0.717, 1.165) is 17.9 Å². The molecule has 0 saturated heterocycles. The monoisotopic (exact) mass is 208 g/mol. The first-order chi connectivity index (χ1) is 7.25. The van der Waals surface area contributed by atoms with Gasteiger partial charge in [-0.2, -0.15) is 0 Å². The van der Waals surface area contributed by atoms with E-state index < -0.39 is 6.09 Å². The second kappa shape index (κ2) is 6.03. The minimum Gasteiger partial charge on any atom is -0.448 e. The number of hydrazine groups is 1. The van der Waals surface area contributed by atoms with Crippen LogP contribution in [0.15, 0.2) is 30.3 Å². The molecule has 4 heteroatoms. The van der Waals surface area contributed by atoms with Crippen LogP contribution in [0.25, 0.3) is 0 Å². The molecule has 0 fully saturated rings. The average molecular weight is 208 g/mol. The number of hydrogen-bond acceptors (Lipinski definition) is 3. The molecule has 0 bridgehead atoms. The third-order valence-electron chi connectivity index (χ3n) is 1.95. The minimum atomic E-state index is -0.519. The van der Waals surface area contributed by atoms with E-state index in [1.165, 1.54) is 0 Å². The van der Waals surface area contributed by atoms with Gasteiger partial charge >= 0.3 is 6.09 Å². The molecule has 82 valence electrons. The highest BCUT2D eigenvalue weighted by atomic mass is 16.6. The van der Waals surface area contributed by atoms with Crippen LogP contribution in [-0.2, 0) is 4.74 Å². The zero-order valence-corrected chi connectivity index (χ0v) is 8.85. The first kappa shape index (κ1) is 11.5. The molecule has 4 nitrogen and oxygen atoms in total. The summed E-state index contributed by atoms with van der Waals surface area (Å²) in [6.45, 7) is 2.45. The van der Waals surface area contributed by atoms with E-state index in [-0.39, 0.29) is 0 Å². The lowest BCUT2D eigenvalue weighted by Crippen LogP contribution is -2.38. The highest BCUT2D eigenvalue weighted by Gasteiger charge is 2.11. The van der Waals surface area contributed by atoms with Crippen LogP contribution >= 0.6 is 0 Å². The van der Waals surface area contributed by atoms with E-state index in [1.54, 1.807) is 12.1 Å². The number of hydrogen-bond donors (Lipinski definition) is 1. The first-order valence-corrected chi connectivity index (χ1v) is 5.02. The molecule has 0 spiro atoms. The van der Waals surface area contributed by atoms with Gasteiger partial charge in [-0.3, -0.25) is 0 Å². The van der Waals surface area contributed by atoms with Crippen LogP contribution in [0.5, 0.6) is 0 Å². The fourth-order valence-electron chi connectivity index (χ4n) is 1.07. The summed E-state index contributed by atoms with van der Waals surface area (Å²) in [5.74, 6) is 5.58. The molecule has 0 heterocycles. The highest BCUT2D eigenvalue weighted by molar-refractivity contribution is 5.86. The number of rotatable bonds is 4. The fourth-order valence-corrected chi connectivity index (χ4v) is 1.07. The molecule has 1 amide bonds. The normalized spacial score (nSPS) is 9.73. The maximum Gasteiger partial charge on any atom is 0.428 e. The molecule has 0 atom stereocenters. The van der Waals surface area contributed by atoms with Crippen LogP contribution in [0, 0.1) is 0 Å². The van der Waals surface area contributed by atoms with Gasteiger partial charge in [-0.1, -0.05) is 31.5 Å². The van der Waals surface area contributed by atoms with E-state index in [1.807, 2.05) is 25.1 Å². The van der Waals surface area contributed by atoms with Crippen LogP contribution in [0.4, 0.5) is 10.5 Å². The van der Waals surface area contributed by atoms with Gasteiger partial charge in [0, 0.05) is 0 Å². The molecule has 1 aromatic rings. The van der Waals surface area contributed by atoms with E-state index in [4.69, 9.17) is 10.6 Å². The number of para-hydroxylation sites is 1. The van der Waals surface area contributed by atoms with Gasteiger partial charge in [-0.25, -0.2) is 15.6 Å². The molecule has 0 aliphatic heterocycles. The van der Waals surface area contributed by atoms with Crippen molar-refractivity contribution in [3.8, 4) is 0 Å². The minimum absolute atomic E-state index is 0.413. The smallest absolute Gasteiger partial charge is 0.428 e. The third kappa shape index (κ3) is 3.59. The lowest BCUT2D eigenvalue weighted by molar-refractivity contribution is 0.152. The summed E-state index contributed by atoms with van der Waals surface area (Å²) in [5.41, 5.74) is 0.624. The second-order valence-corrected chi connectivity index (χ2v) is 3.17. The SMILES string of the molecule is CCCCOC(=O)N(N)c1ccccc1. The molecule has 0 aliphatic carbocycles. The van der Waals surface area contributed by atoms with Gasteiger partial charge < -0.3 is 4.74 Å². The third-order valence-corrected chi connectivity index (χ3v) is 1.95. The second-order valence-electron chi connectivity index (χ2n) is 3.17. The van der Waals surface area contributed by atoms with E-state index in [2.05, 4.69) is 0 Å². The van der Waals surface area contributed by atoms with Crippen molar-refractivity contribution >= 4 is 11.8 Å². The van der Waals surface area contributed by atoms with Crippen molar-refractivity contribution in [3.05, 3.63) is 30.3 Å². The van der Waals surface area contributed by atoms with Crippen LogP contribution in [0.3, 0.4) is 0 Å². The molecule has 15 heavy (non-hydrogen) atoms. The molecular weight excluding hydrogens is 192 g/mol. The Morgan fingerprint density at radius 1 is 1.40 bits per heavy atom. The molecule has 1 aromatic carbocycles. The topological polar surface area (TPSA) is 55.6 Å². The lowest BCUT2D eigenvalue weighted by atomic mass is 10.3. The number of benzene rings is 1. The van der Waals surface area contributed by atoms with Crippen molar-refractivity contribution in [2.75, 3.05) is 11.6 Å². The molecule has 0 saturated carbocycles. The Hall–Kier alpha value is -1.55. The van der Waals surface area contributed by atoms with E-state index in [0.29, 0.717) is 12.3 Å². The highest BCUT2D eigenvalue weighted by Crippen LogP contribution is 2.10. The number of unbranched alkanes of at least 4 members (excludes halogenated alkanes) is 1. The van der Waals surface area contributed by atoms with Gasteiger partial charge in [-0.05, 0) is 18.6 Å². The zero-order valence-electron chi connectivity index (χ0n) is 8.85. The summed E-state index contributed by atoms with van der Waals surface area (Å²) in [5, 5.41) is 1.01. The Morgan fingerprint density at radius 2 is 2.07 bits per heavy atom. The maximum absolute atomic E-state index is 11.4. The molecular formula is C11H16N2O2. The van der Waals surface area contributed by atoms with Crippen molar-refractivity contribution in [2.45, 2.75) is 19.8 Å². The van der Waals surface area contributed by atoms with Gasteiger partial charge in [0.1, 0.15) is 0 Å². The number of anilines is 1. The average Bonchev–Trinajstić information content (AvgIpc) is 2.29. The van der Waals surface area contributed by atoms with Crippen molar-refractivity contribution < 1.29 is 9.53 Å². The molecule has 0 aliphatic rings. The summed E-state index contributed by atoms with van der Waals surface area (Å²) in [4.78, 5) is 11.4. The molecule has 0 unspecified atom stereocenters. The van der Waals surface area contributed by atoms with E-state index >= 15 is 0 Å². The van der Waals surface area contributed by atoms with Crippen molar-refractivity contribution in [3.63, 3.8) is 0 Å². The Morgan fingerprint density at radius 3 is 2.67 bits per heavy atom. The molecule has 2 N–H and O–H groups in total. The number of carbonyl (C=O) groups is 1. The quantitative estimate of drug-likeness (QED) is 0.357. The number of nitrogens with two attached hydrogens (primary N) is 1. The predicted molar refractivity (Wildman–Crippen MR) is 59.4 cm³/mol. The summed E-state index contributed by atoms with van der Waals surface area (Å²) in [6, 6.07) is 8.99. The lowest BCUT2D eigenvalue weighted by Gasteiger charge is -2.15. The van der Waals surface area contributed by atoms with Gasteiger partial charge in [0.25, 0.3) is 0 Å². The van der Waals surface area contributed by atoms with Gasteiger partial charge in [0.2, 0.25) is 0 Å². The number of ether oxygens (including phenoxy) is 1. The first-order valence-electron chi connectivity index (χ1n) is 5.02. The summed E-state index contributed by atoms with van der Waals surface area (Å²) >= 11 is 0. The predicted octanol–water partition coefficient (Wildman–Crippen LogP) is 2.30. The van der Waals surface area contributed by atoms with Crippen molar-refractivity contribution in [1.29, 1.82) is 0 Å². The number of nitrogens with zero attached hydrogens (tertiary/aromatic N) is 1. The largest absolute Gasteiger partial charge is 0.448 e. The van der Waals surface area contributed by atoms with E-state index in [9.17, 15) is 4.79 Å². The maximum atomic E-state index is 11.4. The van der Waals surface area contributed by atoms with Crippen molar-refractivity contribution in [2.24, 2.45) is 5.84 Å². The van der Waals surface area contributed by atoms with Crippen LogP contribution in [0.2, 0.25) is 0 Å². The molecule has 1 rings (SSSR count). The fraction of sp³-hybridized carbons (Fsp3) is 0.364. The van der Waals surface area contributed by atoms with Crippen LogP contribution in [-0.4, -0.2) is 12.7 Å². The van der Waals surface area contributed by atoms with Gasteiger partial charge in [-0.15, -0.1) is 0 Å². The summed E-state index contributed by atoms with van der Waals surface area (Å²) in [6.07, 6.45) is 1.33. The zero-order chi connectivity index (χ0) is 11.1. The Bertz CT molecular complexity index is 301. The summed E-state index contributed by atoms with van der Waals surface area (Å²) < 4.78 is 4.96. The van der Waals surface area contributed by atoms with Gasteiger partial charge in [0.05, 0.1) is 12.3 Å². The summed E-state index contributed by atoms with van der Waals surface area (Å²) in [7, 11) is 0.